The van der Waals surface area contributed by atoms with Crippen molar-refractivity contribution in [2.75, 3.05) is 25.1 Å². The zero-order valence-corrected chi connectivity index (χ0v) is 10.3. The maximum atomic E-state index is 11.3. The predicted octanol–water partition coefficient (Wildman–Crippen LogP) is 1.69. The van der Waals surface area contributed by atoms with Crippen molar-refractivity contribution in [1.29, 1.82) is 0 Å². The Kier molecular flexibility index (Phi) is 3.79. The molecular formula is C14H16N2O2. The van der Waals surface area contributed by atoms with E-state index >= 15 is 0 Å². The van der Waals surface area contributed by atoms with Crippen LogP contribution in [0.1, 0.15) is 10.4 Å². The molecule has 0 fully saturated rings. The Morgan fingerprint density at radius 2 is 2.11 bits per heavy atom. The summed E-state index contributed by atoms with van der Waals surface area (Å²) < 4.78 is 4.66. The summed E-state index contributed by atoms with van der Waals surface area (Å²) in [5.41, 5.74) is 8.28. The second-order valence-corrected chi connectivity index (χ2v) is 4.00. The SMILES string of the molecule is COC(=O)c1ccc(N2C=C(CN)C=CC2)cc1. The van der Waals surface area contributed by atoms with Gasteiger partial charge < -0.3 is 15.4 Å². The summed E-state index contributed by atoms with van der Waals surface area (Å²) in [6.45, 7) is 1.33. The summed E-state index contributed by atoms with van der Waals surface area (Å²) in [5.74, 6) is -0.321. The van der Waals surface area contributed by atoms with Gasteiger partial charge in [0.2, 0.25) is 0 Å². The van der Waals surface area contributed by atoms with Crippen LogP contribution < -0.4 is 10.6 Å². The summed E-state index contributed by atoms with van der Waals surface area (Å²) in [5, 5.41) is 0. The van der Waals surface area contributed by atoms with E-state index in [-0.39, 0.29) is 5.97 Å². The highest BCUT2D eigenvalue weighted by Crippen LogP contribution is 2.19. The molecule has 4 heteroatoms. The van der Waals surface area contributed by atoms with Crippen molar-refractivity contribution in [3.63, 3.8) is 0 Å². The average Bonchev–Trinajstić information content (AvgIpc) is 2.46. The van der Waals surface area contributed by atoms with Gasteiger partial charge in [0.05, 0.1) is 12.7 Å². The number of anilines is 1. The lowest BCUT2D eigenvalue weighted by Crippen LogP contribution is -2.21. The molecule has 0 aromatic heterocycles. The fraction of sp³-hybridized carbons (Fsp3) is 0.214. The van der Waals surface area contributed by atoms with Crippen molar-refractivity contribution in [2.45, 2.75) is 0 Å². The van der Waals surface area contributed by atoms with Gasteiger partial charge in [-0.3, -0.25) is 0 Å². The number of benzene rings is 1. The van der Waals surface area contributed by atoms with Gasteiger partial charge in [-0.1, -0.05) is 12.2 Å². The van der Waals surface area contributed by atoms with Gasteiger partial charge in [0, 0.05) is 25.0 Å². The third-order valence-electron chi connectivity index (χ3n) is 2.81. The number of rotatable bonds is 3. The highest BCUT2D eigenvalue weighted by Gasteiger charge is 2.09. The van der Waals surface area contributed by atoms with Crippen LogP contribution in [0.25, 0.3) is 0 Å². The molecule has 0 spiro atoms. The number of hydrogen-bond acceptors (Lipinski definition) is 4. The Morgan fingerprint density at radius 3 is 2.72 bits per heavy atom. The maximum absolute atomic E-state index is 11.3. The first kappa shape index (κ1) is 12.4. The largest absolute Gasteiger partial charge is 0.465 e. The van der Waals surface area contributed by atoms with Gasteiger partial charge in [-0.05, 0) is 29.8 Å². The summed E-state index contributed by atoms with van der Waals surface area (Å²) in [7, 11) is 1.38. The van der Waals surface area contributed by atoms with Crippen LogP contribution in [0.4, 0.5) is 5.69 Å². The van der Waals surface area contributed by atoms with Crippen molar-refractivity contribution < 1.29 is 9.53 Å². The molecule has 18 heavy (non-hydrogen) atoms. The molecule has 1 aliphatic heterocycles. The Labute approximate surface area is 106 Å². The molecule has 0 saturated carbocycles. The second-order valence-electron chi connectivity index (χ2n) is 4.00. The molecule has 1 aromatic rings. The molecule has 0 saturated heterocycles. The van der Waals surface area contributed by atoms with Crippen molar-refractivity contribution >= 4 is 11.7 Å². The lowest BCUT2D eigenvalue weighted by atomic mass is 10.1. The molecule has 4 nitrogen and oxygen atoms in total. The Balaban J connectivity index is 2.18. The third-order valence-corrected chi connectivity index (χ3v) is 2.81. The van der Waals surface area contributed by atoms with Crippen molar-refractivity contribution in [3.8, 4) is 0 Å². The van der Waals surface area contributed by atoms with Crippen LogP contribution in [-0.2, 0) is 4.74 Å². The quantitative estimate of drug-likeness (QED) is 0.822. The third kappa shape index (κ3) is 2.60. The molecule has 0 aliphatic carbocycles. The molecule has 1 aromatic carbocycles. The second kappa shape index (κ2) is 5.51. The molecular weight excluding hydrogens is 228 g/mol. The molecule has 0 amide bonds. The normalized spacial score (nSPS) is 14.3. The summed E-state index contributed by atoms with van der Waals surface area (Å²) >= 11 is 0. The highest BCUT2D eigenvalue weighted by molar-refractivity contribution is 5.89. The summed E-state index contributed by atoms with van der Waals surface area (Å²) in [6.07, 6.45) is 6.11. The molecule has 2 rings (SSSR count). The van der Waals surface area contributed by atoms with E-state index in [4.69, 9.17) is 5.73 Å². The van der Waals surface area contributed by atoms with Crippen LogP contribution >= 0.6 is 0 Å². The highest BCUT2D eigenvalue weighted by atomic mass is 16.5. The van der Waals surface area contributed by atoms with Crippen molar-refractivity contribution in [1.82, 2.24) is 0 Å². The van der Waals surface area contributed by atoms with Gasteiger partial charge in [-0.15, -0.1) is 0 Å². The average molecular weight is 244 g/mol. The van der Waals surface area contributed by atoms with Crippen LogP contribution in [0.15, 0.2) is 48.2 Å². The van der Waals surface area contributed by atoms with Gasteiger partial charge in [0.15, 0.2) is 0 Å². The van der Waals surface area contributed by atoms with Crippen LogP contribution in [0.5, 0.6) is 0 Å². The number of esters is 1. The van der Waals surface area contributed by atoms with Crippen molar-refractivity contribution in [3.05, 3.63) is 53.8 Å². The van der Waals surface area contributed by atoms with Gasteiger partial charge in [-0.25, -0.2) is 4.79 Å². The summed E-state index contributed by atoms with van der Waals surface area (Å²) in [6, 6.07) is 7.32. The molecule has 1 heterocycles. The van der Waals surface area contributed by atoms with E-state index in [1.54, 1.807) is 12.1 Å². The number of hydrogen-bond donors (Lipinski definition) is 1. The lowest BCUT2D eigenvalue weighted by molar-refractivity contribution is 0.0601. The standard InChI is InChI=1S/C14H16N2O2/c1-18-14(17)12-4-6-13(7-5-12)16-8-2-3-11(9-15)10-16/h2-7,10H,8-9,15H2,1H3. The number of nitrogens with zero attached hydrogens (tertiary/aromatic N) is 1. The topological polar surface area (TPSA) is 55.6 Å². The van der Waals surface area contributed by atoms with E-state index in [9.17, 15) is 4.79 Å². The Hall–Kier alpha value is -2.07. The zero-order chi connectivity index (χ0) is 13.0. The molecule has 0 bridgehead atoms. The van der Waals surface area contributed by atoms with E-state index in [1.165, 1.54) is 7.11 Å². The maximum Gasteiger partial charge on any atom is 0.337 e. The van der Waals surface area contributed by atoms with Gasteiger partial charge in [-0.2, -0.15) is 0 Å². The molecule has 0 radical (unpaired) electrons. The van der Waals surface area contributed by atoms with Gasteiger partial charge in [0.1, 0.15) is 0 Å². The fourth-order valence-corrected chi connectivity index (χ4v) is 1.82. The number of nitrogens with two attached hydrogens (primary N) is 1. The molecule has 0 unspecified atom stereocenters. The summed E-state index contributed by atoms with van der Waals surface area (Å²) in [4.78, 5) is 13.4. The Bertz CT molecular complexity index is 489. The van der Waals surface area contributed by atoms with Crippen molar-refractivity contribution in [2.24, 2.45) is 5.73 Å². The molecule has 0 atom stereocenters. The minimum absolute atomic E-state index is 0.321. The number of carbonyl (C=O) groups excluding carboxylic acids is 1. The lowest BCUT2D eigenvalue weighted by Gasteiger charge is -2.23. The first-order valence-corrected chi connectivity index (χ1v) is 5.77. The number of carbonyl (C=O) groups is 1. The molecule has 2 N–H and O–H groups in total. The van der Waals surface area contributed by atoms with E-state index in [1.807, 2.05) is 24.4 Å². The Morgan fingerprint density at radius 1 is 1.39 bits per heavy atom. The van der Waals surface area contributed by atoms with E-state index in [2.05, 4.69) is 15.7 Å². The molecule has 94 valence electrons. The minimum atomic E-state index is -0.321. The number of ether oxygens (including phenoxy) is 1. The fourth-order valence-electron chi connectivity index (χ4n) is 1.82. The first-order valence-electron chi connectivity index (χ1n) is 5.77. The number of methoxy groups -OCH3 is 1. The van der Waals surface area contributed by atoms with Gasteiger partial charge in [0.25, 0.3) is 0 Å². The predicted molar refractivity (Wildman–Crippen MR) is 71.4 cm³/mol. The smallest absolute Gasteiger partial charge is 0.337 e. The van der Waals surface area contributed by atoms with E-state index in [0.717, 1.165) is 17.8 Å². The van der Waals surface area contributed by atoms with Crippen LogP contribution in [0, 0.1) is 0 Å². The van der Waals surface area contributed by atoms with E-state index < -0.39 is 0 Å². The monoisotopic (exact) mass is 244 g/mol. The van der Waals surface area contributed by atoms with Crippen LogP contribution in [0.3, 0.4) is 0 Å². The van der Waals surface area contributed by atoms with Crippen LogP contribution in [0.2, 0.25) is 0 Å². The minimum Gasteiger partial charge on any atom is -0.465 e. The molecule has 1 aliphatic rings. The van der Waals surface area contributed by atoms with E-state index in [0.29, 0.717) is 12.1 Å². The zero-order valence-electron chi connectivity index (χ0n) is 10.3. The first-order chi connectivity index (χ1) is 8.74. The van der Waals surface area contributed by atoms with Gasteiger partial charge >= 0.3 is 5.97 Å². The van der Waals surface area contributed by atoms with Crippen LogP contribution in [-0.4, -0.2) is 26.2 Å².